The largest absolute Gasteiger partial charge is 0.299 e. The molecule has 1 aromatic carbocycles. The summed E-state index contributed by atoms with van der Waals surface area (Å²) in [4.78, 5) is 13.2. The first-order chi connectivity index (χ1) is 7.11. The van der Waals surface area contributed by atoms with E-state index in [4.69, 9.17) is 0 Å². The Morgan fingerprint density at radius 2 is 1.87 bits per heavy atom. The van der Waals surface area contributed by atoms with Crippen LogP contribution in [-0.2, 0) is 11.3 Å². The molecule has 0 amide bonds. The van der Waals surface area contributed by atoms with Gasteiger partial charge in [-0.15, -0.1) is 0 Å². The van der Waals surface area contributed by atoms with Crippen molar-refractivity contribution in [3.8, 4) is 0 Å². The third-order valence-corrected chi connectivity index (χ3v) is 2.42. The second-order valence-electron chi connectivity index (χ2n) is 3.99. The highest BCUT2D eigenvalue weighted by Gasteiger charge is 2.05. The fraction of sp³-hybridized carbons (Fsp3) is 0.462. The average Bonchev–Trinajstić information content (AvgIpc) is 2.19. The van der Waals surface area contributed by atoms with Crippen molar-refractivity contribution in [1.82, 2.24) is 4.90 Å². The minimum Gasteiger partial charge on any atom is -0.299 e. The van der Waals surface area contributed by atoms with Gasteiger partial charge in [-0.25, -0.2) is 0 Å². The van der Waals surface area contributed by atoms with Crippen molar-refractivity contribution in [3.63, 3.8) is 0 Å². The van der Waals surface area contributed by atoms with Crippen molar-refractivity contribution in [1.29, 1.82) is 0 Å². The average molecular weight is 205 g/mol. The Hall–Kier alpha value is -1.15. The van der Waals surface area contributed by atoms with E-state index in [0.717, 1.165) is 13.1 Å². The van der Waals surface area contributed by atoms with E-state index in [1.807, 2.05) is 0 Å². The lowest BCUT2D eigenvalue weighted by Crippen LogP contribution is -2.27. The fourth-order valence-corrected chi connectivity index (χ4v) is 1.55. The Morgan fingerprint density at radius 1 is 1.27 bits per heavy atom. The van der Waals surface area contributed by atoms with E-state index in [0.29, 0.717) is 6.54 Å². The normalized spacial score (nSPS) is 10.7. The van der Waals surface area contributed by atoms with Crippen LogP contribution in [0.2, 0.25) is 0 Å². The summed E-state index contributed by atoms with van der Waals surface area (Å²) < 4.78 is 0. The molecule has 0 unspecified atom stereocenters. The summed E-state index contributed by atoms with van der Waals surface area (Å²) in [5.74, 6) is 0.226. The van der Waals surface area contributed by atoms with Crippen LogP contribution in [-0.4, -0.2) is 23.8 Å². The number of rotatable bonds is 5. The van der Waals surface area contributed by atoms with Crippen molar-refractivity contribution >= 4 is 5.78 Å². The van der Waals surface area contributed by atoms with Gasteiger partial charge in [0.05, 0.1) is 6.54 Å². The summed E-state index contributed by atoms with van der Waals surface area (Å²) in [6.45, 7) is 8.11. The van der Waals surface area contributed by atoms with E-state index in [1.165, 1.54) is 11.1 Å². The zero-order chi connectivity index (χ0) is 11.3. The van der Waals surface area contributed by atoms with Crippen LogP contribution in [0.1, 0.15) is 25.0 Å². The van der Waals surface area contributed by atoms with Crippen LogP contribution in [0.4, 0.5) is 0 Å². The molecule has 2 nitrogen and oxygen atoms in total. The summed E-state index contributed by atoms with van der Waals surface area (Å²) in [5, 5.41) is 0. The summed E-state index contributed by atoms with van der Waals surface area (Å²) in [6, 6.07) is 8.46. The predicted octanol–water partition coefficient (Wildman–Crippen LogP) is 2.41. The van der Waals surface area contributed by atoms with E-state index in [2.05, 4.69) is 43.0 Å². The molecule has 1 rings (SSSR count). The molecule has 0 atom stereocenters. The first kappa shape index (κ1) is 11.9. The number of Topliss-reactive ketones (excluding diaryl/α,β-unsaturated/α-hetero) is 1. The Morgan fingerprint density at radius 3 is 2.33 bits per heavy atom. The zero-order valence-corrected chi connectivity index (χ0v) is 9.79. The number of hydrogen-bond acceptors (Lipinski definition) is 2. The molecule has 15 heavy (non-hydrogen) atoms. The monoisotopic (exact) mass is 205 g/mol. The maximum Gasteiger partial charge on any atom is 0.143 e. The minimum absolute atomic E-state index is 0.226. The maximum absolute atomic E-state index is 11.0. The smallest absolute Gasteiger partial charge is 0.143 e. The number of ketones is 1. The molecule has 0 fully saturated rings. The molecule has 0 aliphatic heterocycles. The van der Waals surface area contributed by atoms with Crippen LogP contribution in [0.25, 0.3) is 0 Å². The highest BCUT2D eigenvalue weighted by atomic mass is 16.1. The van der Waals surface area contributed by atoms with Crippen LogP contribution >= 0.6 is 0 Å². The van der Waals surface area contributed by atoms with Gasteiger partial charge in [0, 0.05) is 6.54 Å². The molecule has 0 spiro atoms. The van der Waals surface area contributed by atoms with Gasteiger partial charge in [-0.3, -0.25) is 9.69 Å². The zero-order valence-electron chi connectivity index (χ0n) is 9.79. The number of hydrogen-bond donors (Lipinski definition) is 0. The van der Waals surface area contributed by atoms with Crippen molar-refractivity contribution in [2.75, 3.05) is 13.1 Å². The van der Waals surface area contributed by atoms with Gasteiger partial charge in [0.2, 0.25) is 0 Å². The Balaban J connectivity index is 2.58. The van der Waals surface area contributed by atoms with Crippen molar-refractivity contribution < 1.29 is 4.79 Å². The second-order valence-corrected chi connectivity index (χ2v) is 3.99. The molecular formula is C13H19NO. The van der Waals surface area contributed by atoms with E-state index in [9.17, 15) is 4.79 Å². The SMILES string of the molecule is CCN(CC(C)=O)Cc1ccc(C)cc1. The quantitative estimate of drug-likeness (QED) is 0.735. The molecule has 2 heteroatoms. The van der Waals surface area contributed by atoms with Gasteiger partial charge < -0.3 is 0 Å². The van der Waals surface area contributed by atoms with Crippen molar-refractivity contribution in [3.05, 3.63) is 35.4 Å². The lowest BCUT2D eigenvalue weighted by molar-refractivity contribution is -0.118. The standard InChI is InChI=1S/C13H19NO/c1-4-14(9-12(3)15)10-13-7-5-11(2)6-8-13/h5-8H,4,9-10H2,1-3H3. The molecule has 0 aromatic heterocycles. The Labute approximate surface area is 91.9 Å². The molecule has 0 heterocycles. The third-order valence-electron chi connectivity index (χ3n) is 2.42. The molecule has 0 bridgehead atoms. The molecule has 1 aromatic rings. The lowest BCUT2D eigenvalue weighted by atomic mass is 10.1. The third kappa shape index (κ3) is 4.26. The van der Waals surface area contributed by atoms with E-state index >= 15 is 0 Å². The number of aryl methyl sites for hydroxylation is 1. The summed E-state index contributed by atoms with van der Waals surface area (Å²) in [6.07, 6.45) is 0. The number of benzene rings is 1. The van der Waals surface area contributed by atoms with Gasteiger partial charge in [-0.2, -0.15) is 0 Å². The maximum atomic E-state index is 11.0. The fourth-order valence-electron chi connectivity index (χ4n) is 1.55. The highest BCUT2D eigenvalue weighted by Crippen LogP contribution is 2.06. The van der Waals surface area contributed by atoms with Crippen LogP contribution in [0.3, 0.4) is 0 Å². The molecule has 0 radical (unpaired) electrons. The number of likely N-dealkylation sites (N-methyl/N-ethyl adjacent to an activating group) is 1. The van der Waals surface area contributed by atoms with Crippen LogP contribution in [0.15, 0.2) is 24.3 Å². The molecule has 0 saturated heterocycles. The van der Waals surface area contributed by atoms with Crippen LogP contribution in [0, 0.1) is 6.92 Å². The van der Waals surface area contributed by atoms with Crippen molar-refractivity contribution in [2.24, 2.45) is 0 Å². The molecular weight excluding hydrogens is 186 g/mol. The predicted molar refractivity (Wildman–Crippen MR) is 62.8 cm³/mol. The van der Waals surface area contributed by atoms with E-state index in [1.54, 1.807) is 6.92 Å². The highest BCUT2D eigenvalue weighted by molar-refractivity contribution is 5.77. The van der Waals surface area contributed by atoms with Gasteiger partial charge in [-0.05, 0) is 26.0 Å². The van der Waals surface area contributed by atoms with Gasteiger partial charge in [0.1, 0.15) is 5.78 Å². The molecule has 0 aliphatic rings. The van der Waals surface area contributed by atoms with Gasteiger partial charge in [0.25, 0.3) is 0 Å². The van der Waals surface area contributed by atoms with Crippen LogP contribution in [0.5, 0.6) is 0 Å². The number of nitrogens with zero attached hydrogens (tertiary/aromatic N) is 1. The first-order valence-electron chi connectivity index (χ1n) is 5.39. The summed E-state index contributed by atoms with van der Waals surface area (Å²) in [7, 11) is 0. The molecule has 0 saturated carbocycles. The van der Waals surface area contributed by atoms with Crippen LogP contribution < -0.4 is 0 Å². The number of carbonyl (C=O) groups is 1. The molecule has 82 valence electrons. The minimum atomic E-state index is 0.226. The Kier molecular flexibility index (Phi) is 4.50. The lowest BCUT2D eigenvalue weighted by Gasteiger charge is -2.18. The molecule has 0 N–H and O–H groups in total. The van der Waals surface area contributed by atoms with Gasteiger partial charge in [0.15, 0.2) is 0 Å². The van der Waals surface area contributed by atoms with E-state index in [-0.39, 0.29) is 5.78 Å². The Bertz CT molecular complexity index is 316. The topological polar surface area (TPSA) is 20.3 Å². The number of carbonyl (C=O) groups excluding carboxylic acids is 1. The summed E-state index contributed by atoms with van der Waals surface area (Å²) in [5.41, 5.74) is 2.54. The van der Waals surface area contributed by atoms with Gasteiger partial charge >= 0.3 is 0 Å². The second kappa shape index (κ2) is 5.66. The molecule has 0 aliphatic carbocycles. The van der Waals surface area contributed by atoms with E-state index < -0.39 is 0 Å². The van der Waals surface area contributed by atoms with Crippen molar-refractivity contribution in [2.45, 2.75) is 27.3 Å². The first-order valence-corrected chi connectivity index (χ1v) is 5.39. The van der Waals surface area contributed by atoms with Gasteiger partial charge in [-0.1, -0.05) is 36.8 Å². The summed E-state index contributed by atoms with van der Waals surface area (Å²) >= 11 is 0.